The molecule has 0 radical (unpaired) electrons. The number of hydrogen-bond acceptors (Lipinski definition) is 3. The van der Waals surface area contributed by atoms with Crippen molar-refractivity contribution in [1.29, 1.82) is 10.5 Å². The van der Waals surface area contributed by atoms with E-state index in [4.69, 9.17) is 0 Å². The van der Waals surface area contributed by atoms with Crippen molar-refractivity contribution in [3.8, 4) is 34.5 Å². The van der Waals surface area contributed by atoms with Crippen LogP contribution in [0, 0.1) is 22.7 Å². The fourth-order valence-corrected chi connectivity index (χ4v) is 2.54. The first-order chi connectivity index (χ1) is 11.3. The van der Waals surface area contributed by atoms with Crippen molar-refractivity contribution in [2.75, 3.05) is 0 Å². The Labute approximate surface area is 132 Å². The molecule has 0 spiro atoms. The summed E-state index contributed by atoms with van der Waals surface area (Å²) < 4.78 is 0. The molecule has 0 saturated heterocycles. The lowest BCUT2D eigenvalue weighted by atomic mass is 9.93. The SMILES string of the molecule is N#Cc1c(-c2ccccc2)[nH]c(=O)c(C#N)c1-c1ccccc1. The number of pyridine rings is 1. The molecular weight excluding hydrogens is 286 g/mol. The monoisotopic (exact) mass is 297 g/mol. The number of nitriles is 2. The molecule has 0 aliphatic carbocycles. The molecule has 23 heavy (non-hydrogen) atoms. The number of aromatic nitrogens is 1. The summed E-state index contributed by atoms with van der Waals surface area (Å²) in [4.78, 5) is 15.0. The Kier molecular flexibility index (Phi) is 3.74. The highest BCUT2D eigenvalue weighted by Gasteiger charge is 2.19. The predicted octanol–water partition coefficient (Wildman–Crippen LogP) is 3.45. The summed E-state index contributed by atoms with van der Waals surface area (Å²) in [7, 11) is 0. The van der Waals surface area contributed by atoms with E-state index in [0.717, 1.165) is 5.56 Å². The molecule has 108 valence electrons. The van der Waals surface area contributed by atoms with Gasteiger partial charge in [0.05, 0.1) is 11.3 Å². The summed E-state index contributed by atoms with van der Waals surface area (Å²) in [6.07, 6.45) is 0. The molecule has 1 N–H and O–H groups in total. The lowest BCUT2D eigenvalue weighted by Gasteiger charge is -2.11. The van der Waals surface area contributed by atoms with Crippen LogP contribution in [0.1, 0.15) is 11.1 Å². The average Bonchev–Trinajstić information content (AvgIpc) is 2.62. The normalized spacial score (nSPS) is 9.83. The van der Waals surface area contributed by atoms with Gasteiger partial charge in [-0.25, -0.2) is 0 Å². The number of rotatable bonds is 2. The van der Waals surface area contributed by atoms with Gasteiger partial charge in [0, 0.05) is 5.56 Å². The summed E-state index contributed by atoms with van der Waals surface area (Å²) in [5, 5.41) is 19.0. The molecule has 3 rings (SSSR count). The number of nitrogens with one attached hydrogen (secondary N) is 1. The number of hydrogen-bond donors (Lipinski definition) is 1. The summed E-state index contributed by atoms with van der Waals surface area (Å²) in [5.41, 5.74) is 1.94. The molecule has 0 aliphatic heterocycles. The molecule has 1 aromatic heterocycles. The maximum absolute atomic E-state index is 12.3. The molecule has 0 aliphatic rings. The number of nitrogens with zero attached hydrogens (tertiary/aromatic N) is 2. The molecule has 4 heteroatoms. The van der Waals surface area contributed by atoms with Crippen molar-refractivity contribution in [1.82, 2.24) is 4.98 Å². The van der Waals surface area contributed by atoms with Gasteiger partial charge in [-0.05, 0) is 11.1 Å². The highest BCUT2D eigenvalue weighted by Crippen LogP contribution is 2.31. The van der Waals surface area contributed by atoms with Crippen LogP contribution >= 0.6 is 0 Å². The summed E-state index contributed by atoms with van der Waals surface area (Å²) in [6, 6.07) is 22.2. The minimum atomic E-state index is -0.496. The summed E-state index contributed by atoms with van der Waals surface area (Å²) >= 11 is 0. The van der Waals surface area contributed by atoms with Gasteiger partial charge in [0.1, 0.15) is 17.7 Å². The van der Waals surface area contributed by atoms with Crippen LogP contribution in [0.2, 0.25) is 0 Å². The van der Waals surface area contributed by atoms with Gasteiger partial charge in [-0.15, -0.1) is 0 Å². The van der Waals surface area contributed by atoms with Crippen molar-refractivity contribution in [3.63, 3.8) is 0 Å². The second-order valence-corrected chi connectivity index (χ2v) is 4.91. The predicted molar refractivity (Wildman–Crippen MR) is 87.4 cm³/mol. The quantitative estimate of drug-likeness (QED) is 0.786. The summed E-state index contributed by atoms with van der Waals surface area (Å²) in [5.74, 6) is 0. The molecule has 0 bridgehead atoms. The lowest BCUT2D eigenvalue weighted by molar-refractivity contribution is 1.20. The van der Waals surface area contributed by atoms with Crippen molar-refractivity contribution >= 4 is 0 Å². The Hall–Kier alpha value is -3.63. The molecular formula is C19H11N3O. The first-order valence-corrected chi connectivity index (χ1v) is 6.97. The van der Waals surface area contributed by atoms with E-state index in [1.54, 1.807) is 24.3 Å². The Morgan fingerprint density at radius 2 is 1.26 bits per heavy atom. The number of H-pyrrole nitrogens is 1. The third-order valence-electron chi connectivity index (χ3n) is 3.56. The molecule has 3 aromatic rings. The first-order valence-electron chi connectivity index (χ1n) is 6.97. The average molecular weight is 297 g/mol. The Balaban J connectivity index is 2.43. The molecule has 2 aromatic carbocycles. The van der Waals surface area contributed by atoms with E-state index >= 15 is 0 Å². The van der Waals surface area contributed by atoms with Crippen LogP contribution in [0.5, 0.6) is 0 Å². The Bertz CT molecular complexity index is 991. The van der Waals surface area contributed by atoms with Crippen molar-refractivity contribution < 1.29 is 0 Å². The molecule has 0 unspecified atom stereocenters. The van der Waals surface area contributed by atoms with Crippen LogP contribution in [-0.2, 0) is 0 Å². The van der Waals surface area contributed by atoms with E-state index in [9.17, 15) is 15.3 Å². The van der Waals surface area contributed by atoms with E-state index < -0.39 is 5.56 Å². The van der Waals surface area contributed by atoms with E-state index in [0.29, 0.717) is 22.4 Å². The minimum Gasteiger partial charge on any atom is -0.320 e. The summed E-state index contributed by atoms with van der Waals surface area (Å²) in [6.45, 7) is 0. The molecule has 0 saturated carbocycles. The van der Waals surface area contributed by atoms with E-state index in [1.807, 2.05) is 42.5 Å². The van der Waals surface area contributed by atoms with Gasteiger partial charge in [-0.2, -0.15) is 10.5 Å². The highest BCUT2D eigenvalue weighted by molar-refractivity contribution is 5.83. The zero-order valence-electron chi connectivity index (χ0n) is 12.1. The second kappa shape index (κ2) is 6.01. The van der Waals surface area contributed by atoms with E-state index in [1.165, 1.54) is 0 Å². The van der Waals surface area contributed by atoms with Crippen LogP contribution in [0.25, 0.3) is 22.4 Å². The molecule has 0 fully saturated rings. The third kappa shape index (κ3) is 2.50. The van der Waals surface area contributed by atoms with Crippen LogP contribution in [0.4, 0.5) is 0 Å². The fraction of sp³-hybridized carbons (Fsp3) is 0. The van der Waals surface area contributed by atoms with Crippen LogP contribution in [0.3, 0.4) is 0 Å². The zero-order chi connectivity index (χ0) is 16.2. The van der Waals surface area contributed by atoms with Crippen LogP contribution in [-0.4, -0.2) is 4.98 Å². The van der Waals surface area contributed by atoms with Gasteiger partial charge in [0.2, 0.25) is 0 Å². The van der Waals surface area contributed by atoms with E-state index in [2.05, 4.69) is 11.1 Å². The fourth-order valence-electron chi connectivity index (χ4n) is 2.54. The molecule has 1 heterocycles. The second-order valence-electron chi connectivity index (χ2n) is 4.91. The third-order valence-corrected chi connectivity index (χ3v) is 3.56. The molecule has 4 nitrogen and oxygen atoms in total. The maximum Gasteiger partial charge on any atom is 0.267 e. The standard InChI is InChI=1S/C19H11N3O/c20-11-15-17(13-7-3-1-4-8-13)16(12-21)19(23)22-18(15)14-9-5-2-6-10-14/h1-10H,(H,22,23). The van der Waals surface area contributed by atoms with E-state index in [-0.39, 0.29) is 5.56 Å². The smallest absolute Gasteiger partial charge is 0.267 e. The maximum atomic E-state index is 12.3. The van der Waals surface area contributed by atoms with Crippen molar-refractivity contribution in [2.45, 2.75) is 0 Å². The molecule has 0 atom stereocenters. The van der Waals surface area contributed by atoms with Gasteiger partial charge in [0.25, 0.3) is 5.56 Å². The Morgan fingerprint density at radius 1 is 0.739 bits per heavy atom. The van der Waals surface area contributed by atoms with Gasteiger partial charge >= 0.3 is 0 Å². The molecule has 0 amide bonds. The largest absolute Gasteiger partial charge is 0.320 e. The van der Waals surface area contributed by atoms with Gasteiger partial charge in [0.15, 0.2) is 0 Å². The highest BCUT2D eigenvalue weighted by atomic mass is 16.1. The lowest BCUT2D eigenvalue weighted by Crippen LogP contribution is -2.15. The zero-order valence-corrected chi connectivity index (χ0v) is 12.1. The van der Waals surface area contributed by atoms with Gasteiger partial charge in [-0.1, -0.05) is 60.7 Å². The van der Waals surface area contributed by atoms with Crippen LogP contribution in [0.15, 0.2) is 65.5 Å². The van der Waals surface area contributed by atoms with Crippen LogP contribution < -0.4 is 5.56 Å². The number of benzene rings is 2. The Morgan fingerprint density at radius 3 is 1.78 bits per heavy atom. The minimum absolute atomic E-state index is 0.0487. The number of aromatic amines is 1. The van der Waals surface area contributed by atoms with Gasteiger partial charge in [-0.3, -0.25) is 4.79 Å². The first kappa shape index (κ1) is 14.3. The van der Waals surface area contributed by atoms with Crippen molar-refractivity contribution in [3.05, 3.63) is 82.1 Å². The van der Waals surface area contributed by atoms with Gasteiger partial charge < -0.3 is 4.98 Å². The van der Waals surface area contributed by atoms with Crippen molar-refractivity contribution in [2.24, 2.45) is 0 Å². The topological polar surface area (TPSA) is 80.4 Å².